The van der Waals surface area contributed by atoms with Gasteiger partial charge in [0.15, 0.2) is 11.5 Å². The van der Waals surface area contributed by atoms with Crippen molar-refractivity contribution in [2.24, 2.45) is 0 Å². The van der Waals surface area contributed by atoms with Gasteiger partial charge in [-0.1, -0.05) is 11.6 Å². The maximum absolute atomic E-state index is 9.49. The minimum atomic E-state index is -0.323. The van der Waals surface area contributed by atoms with Crippen LogP contribution in [-0.2, 0) is 0 Å². The molecule has 0 bridgehead atoms. The molecule has 0 saturated carbocycles. The van der Waals surface area contributed by atoms with Crippen molar-refractivity contribution in [1.82, 2.24) is 19.5 Å². The van der Waals surface area contributed by atoms with Crippen LogP contribution < -0.4 is 5.73 Å². The van der Waals surface area contributed by atoms with Crippen molar-refractivity contribution in [3.63, 3.8) is 0 Å². The molecule has 2 heterocycles. The van der Waals surface area contributed by atoms with E-state index in [-0.39, 0.29) is 25.1 Å². The summed E-state index contributed by atoms with van der Waals surface area (Å²) in [6.07, 6.45) is 3.28. The number of anilines is 1. The monoisotopic (exact) mass is 283 g/mol. The molecule has 0 saturated heterocycles. The van der Waals surface area contributed by atoms with Gasteiger partial charge in [-0.05, 0) is 12.0 Å². The zero-order chi connectivity index (χ0) is 13.8. The second kappa shape index (κ2) is 5.96. The van der Waals surface area contributed by atoms with E-state index in [1.165, 1.54) is 11.9 Å². The molecule has 2 aromatic rings. The van der Waals surface area contributed by atoms with E-state index >= 15 is 0 Å². The first kappa shape index (κ1) is 13.7. The minimum absolute atomic E-state index is 0.135. The predicted molar refractivity (Wildman–Crippen MR) is 71.5 cm³/mol. The van der Waals surface area contributed by atoms with Crippen LogP contribution in [0.25, 0.3) is 11.2 Å². The largest absolute Gasteiger partial charge is 0.394 e. The third kappa shape index (κ3) is 2.67. The van der Waals surface area contributed by atoms with Crippen molar-refractivity contribution >= 4 is 28.6 Å². The van der Waals surface area contributed by atoms with Crippen molar-refractivity contribution in [3.05, 3.63) is 23.8 Å². The van der Waals surface area contributed by atoms with Gasteiger partial charge in [-0.15, -0.1) is 0 Å². The summed E-state index contributed by atoms with van der Waals surface area (Å²) in [5, 5.41) is 18.6. The lowest BCUT2D eigenvalue weighted by molar-refractivity contribution is 0.223. The first-order chi connectivity index (χ1) is 9.21. The van der Waals surface area contributed by atoms with Crippen LogP contribution in [0.3, 0.4) is 0 Å². The maximum Gasteiger partial charge on any atom is 0.165 e. The first-order valence-corrected chi connectivity index (χ1v) is 6.07. The number of halogens is 1. The number of nitrogens with two attached hydrogens (primary N) is 1. The van der Waals surface area contributed by atoms with E-state index in [0.717, 1.165) is 0 Å². The van der Waals surface area contributed by atoms with E-state index in [0.29, 0.717) is 23.2 Å². The second-order valence-electron chi connectivity index (χ2n) is 4.05. The van der Waals surface area contributed by atoms with E-state index in [2.05, 4.69) is 15.0 Å². The zero-order valence-corrected chi connectivity index (χ0v) is 10.8. The highest BCUT2D eigenvalue weighted by atomic mass is 35.5. The number of hydrogen-bond acceptors (Lipinski definition) is 6. The summed E-state index contributed by atoms with van der Waals surface area (Å²) < 4.78 is 1.70. The van der Waals surface area contributed by atoms with Gasteiger partial charge in [-0.25, -0.2) is 15.0 Å². The topological polar surface area (TPSA) is 110 Å². The lowest BCUT2D eigenvalue weighted by Gasteiger charge is -2.17. The van der Waals surface area contributed by atoms with Crippen LogP contribution in [0, 0.1) is 0 Å². The molecule has 8 heteroatoms. The Morgan fingerprint density at radius 2 is 2.21 bits per heavy atom. The highest BCUT2D eigenvalue weighted by Crippen LogP contribution is 2.23. The van der Waals surface area contributed by atoms with Gasteiger partial charge in [0.2, 0.25) is 0 Å². The highest BCUT2D eigenvalue weighted by molar-refractivity contribution is 6.25. The van der Waals surface area contributed by atoms with Crippen molar-refractivity contribution in [3.8, 4) is 0 Å². The Kier molecular flexibility index (Phi) is 4.31. The molecule has 0 aliphatic heterocycles. The number of rotatable bonds is 5. The zero-order valence-electron chi connectivity index (χ0n) is 10.1. The summed E-state index contributed by atoms with van der Waals surface area (Å²) in [7, 11) is 0. The van der Waals surface area contributed by atoms with Gasteiger partial charge in [0.1, 0.15) is 11.8 Å². The van der Waals surface area contributed by atoms with Crippen molar-refractivity contribution in [2.75, 3.05) is 18.9 Å². The fourth-order valence-electron chi connectivity index (χ4n) is 1.83. The molecule has 1 unspecified atom stereocenters. The summed E-state index contributed by atoms with van der Waals surface area (Å²) in [5.74, 6) is 0.288. The Morgan fingerprint density at radius 1 is 1.42 bits per heavy atom. The number of hydrogen-bond donors (Lipinski definition) is 3. The molecular weight excluding hydrogens is 270 g/mol. The molecule has 2 aromatic heterocycles. The molecule has 19 heavy (non-hydrogen) atoms. The molecule has 0 amide bonds. The second-order valence-corrected chi connectivity index (χ2v) is 4.27. The normalized spacial score (nSPS) is 13.9. The molecule has 1 atom stereocenters. The Morgan fingerprint density at radius 3 is 2.84 bits per heavy atom. The van der Waals surface area contributed by atoms with Crippen LogP contribution in [0.1, 0.15) is 12.5 Å². The predicted octanol–water partition coefficient (Wildman–Crippen LogP) is 0.447. The summed E-state index contributed by atoms with van der Waals surface area (Å²) in [6, 6.07) is -0.323. The number of nitrogen functional groups attached to an aromatic ring is 1. The fraction of sp³-hybridized carbons (Fsp3) is 0.364. The van der Waals surface area contributed by atoms with Gasteiger partial charge in [-0.3, -0.25) is 0 Å². The number of aliphatic hydroxyl groups is 2. The van der Waals surface area contributed by atoms with E-state index < -0.39 is 0 Å². The lowest BCUT2D eigenvalue weighted by atomic mass is 10.1. The average molecular weight is 284 g/mol. The molecule has 0 aromatic carbocycles. The fourth-order valence-corrected chi connectivity index (χ4v) is 1.99. The highest BCUT2D eigenvalue weighted by Gasteiger charge is 2.17. The van der Waals surface area contributed by atoms with Crippen molar-refractivity contribution in [1.29, 1.82) is 0 Å². The van der Waals surface area contributed by atoms with Gasteiger partial charge in [-0.2, -0.15) is 0 Å². The number of aromatic nitrogens is 4. The van der Waals surface area contributed by atoms with E-state index in [1.807, 2.05) is 0 Å². The van der Waals surface area contributed by atoms with Gasteiger partial charge < -0.3 is 20.5 Å². The molecule has 2 rings (SSSR count). The van der Waals surface area contributed by atoms with Crippen molar-refractivity contribution in [2.45, 2.75) is 12.5 Å². The van der Waals surface area contributed by atoms with Crippen LogP contribution in [0.2, 0.25) is 0 Å². The molecule has 102 valence electrons. The van der Waals surface area contributed by atoms with Gasteiger partial charge in [0.25, 0.3) is 0 Å². The third-order valence-corrected chi connectivity index (χ3v) is 3.16. The Bertz CT molecular complexity index is 598. The SMILES string of the molecule is Nc1ncnc2c1ncn2C(CO)C/C(=C\Cl)CO. The molecule has 4 N–H and O–H groups in total. The van der Waals surface area contributed by atoms with Gasteiger partial charge >= 0.3 is 0 Å². The Hall–Kier alpha value is -1.70. The minimum Gasteiger partial charge on any atom is -0.394 e. The number of fused-ring (bicyclic) bond motifs is 1. The summed E-state index contributed by atoms with van der Waals surface area (Å²) >= 11 is 5.60. The third-order valence-electron chi connectivity index (χ3n) is 2.85. The molecule has 0 radical (unpaired) electrons. The average Bonchev–Trinajstić information content (AvgIpc) is 2.86. The molecule has 0 fully saturated rings. The molecule has 0 aliphatic carbocycles. The molecular formula is C11H14ClN5O2. The number of imidazole rings is 1. The van der Waals surface area contributed by atoms with Crippen LogP contribution in [0.5, 0.6) is 0 Å². The van der Waals surface area contributed by atoms with Gasteiger partial charge in [0, 0.05) is 5.54 Å². The van der Waals surface area contributed by atoms with Crippen LogP contribution >= 0.6 is 11.6 Å². The van der Waals surface area contributed by atoms with Crippen LogP contribution in [-0.4, -0.2) is 42.9 Å². The number of aliphatic hydroxyl groups excluding tert-OH is 2. The Labute approximate surface area is 114 Å². The smallest absolute Gasteiger partial charge is 0.165 e. The summed E-state index contributed by atoms with van der Waals surface area (Å²) in [4.78, 5) is 12.1. The van der Waals surface area contributed by atoms with E-state index in [9.17, 15) is 5.11 Å². The van der Waals surface area contributed by atoms with E-state index in [4.69, 9.17) is 22.4 Å². The molecule has 0 spiro atoms. The van der Waals surface area contributed by atoms with Crippen LogP contribution in [0.4, 0.5) is 5.82 Å². The maximum atomic E-state index is 9.49. The van der Waals surface area contributed by atoms with E-state index in [1.54, 1.807) is 10.9 Å². The first-order valence-electron chi connectivity index (χ1n) is 5.64. The summed E-state index contributed by atoms with van der Waals surface area (Å²) in [6.45, 7) is -0.298. The van der Waals surface area contributed by atoms with Crippen LogP contribution in [0.15, 0.2) is 23.8 Å². The molecule has 7 nitrogen and oxygen atoms in total. The van der Waals surface area contributed by atoms with Gasteiger partial charge in [0.05, 0.1) is 25.6 Å². The quantitative estimate of drug-likeness (QED) is 0.735. The summed E-state index contributed by atoms with van der Waals surface area (Å²) in [5.41, 5.74) is 8.66. The molecule has 0 aliphatic rings. The lowest BCUT2D eigenvalue weighted by Crippen LogP contribution is -2.15. The van der Waals surface area contributed by atoms with Crippen molar-refractivity contribution < 1.29 is 10.2 Å². The standard InChI is InChI=1S/C11H14ClN5O2/c12-2-7(3-18)1-8(4-19)17-6-16-9-10(13)14-5-15-11(9)17/h2,5-6,8,18-19H,1,3-4H2,(H2,13,14,15)/b7-2+. The Balaban J connectivity index is 2.39. The number of nitrogens with zero attached hydrogens (tertiary/aromatic N) is 4.